The van der Waals surface area contributed by atoms with Crippen molar-refractivity contribution in [3.05, 3.63) is 64.4 Å². The van der Waals surface area contributed by atoms with E-state index in [1.165, 1.54) is 6.07 Å². The van der Waals surface area contributed by atoms with Crippen LogP contribution >= 0.6 is 15.9 Å². The van der Waals surface area contributed by atoms with Crippen molar-refractivity contribution in [2.24, 2.45) is 0 Å². The molecule has 1 aromatic carbocycles. The number of hydrogen-bond donors (Lipinski definition) is 0. The van der Waals surface area contributed by atoms with Gasteiger partial charge < -0.3 is 0 Å². The van der Waals surface area contributed by atoms with E-state index < -0.39 is 11.7 Å². The van der Waals surface area contributed by atoms with Gasteiger partial charge in [-0.2, -0.15) is 18.4 Å². The van der Waals surface area contributed by atoms with Crippen LogP contribution in [0.25, 0.3) is 0 Å². The molecule has 0 saturated heterocycles. The Morgan fingerprint density at radius 1 is 1.11 bits per heavy atom. The Labute approximate surface area is 116 Å². The van der Waals surface area contributed by atoms with Gasteiger partial charge in [-0.1, -0.05) is 28.1 Å². The Bertz CT molecular complexity index is 562. The lowest BCUT2D eigenvalue weighted by Gasteiger charge is -2.05. The standard InChI is InChI=1S/C7H4BrF3.C6H4N2/c8-6-3-1-2-5(4-6)7(9,10)11;7-5-6-3-1-2-4-8-6/h1-4H;1-4H. The molecule has 0 atom stereocenters. The molecule has 6 heteroatoms. The summed E-state index contributed by atoms with van der Waals surface area (Å²) in [5.74, 6) is 0. The monoisotopic (exact) mass is 328 g/mol. The van der Waals surface area contributed by atoms with Crippen molar-refractivity contribution in [1.29, 1.82) is 5.26 Å². The van der Waals surface area contributed by atoms with E-state index in [0.717, 1.165) is 12.1 Å². The fourth-order valence-corrected chi connectivity index (χ4v) is 1.49. The summed E-state index contributed by atoms with van der Waals surface area (Å²) in [6.07, 6.45) is -2.65. The van der Waals surface area contributed by atoms with Gasteiger partial charge in [0.05, 0.1) is 5.56 Å². The highest BCUT2D eigenvalue weighted by Gasteiger charge is 2.30. The summed E-state index contributed by atoms with van der Waals surface area (Å²) in [7, 11) is 0. The van der Waals surface area contributed by atoms with E-state index in [-0.39, 0.29) is 0 Å². The second kappa shape index (κ2) is 6.90. The average Bonchev–Trinajstić information content (AvgIpc) is 2.39. The summed E-state index contributed by atoms with van der Waals surface area (Å²) < 4.78 is 36.3. The van der Waals surface area contributed by atoms with Gasteiger partial charge in [0.25, 0.3) is 0 Å². The summed E-state index contributed by atoms with van der Waals surface area (Å²) in [4.78, 5) is 3.74. The highest BCUT2D eigenvalue weighted by atomic mass is 79.9. The zero-order chi connectivity index (χ0) is 14.3. The largest absolute Gasteiger partial charge is 0.416 e. The Hall–Kier alpha value is -1.87. The number of rotatable bonds is 0. The predicted octanol–water partition coefficient (Wildman–Crippen LogP) is 4.42. The highest BCUT2D eigenvalue weighted by Crippen LogP contribution is 2.30. The molecule has 98 valence electrons. The van der Waals surface area contributed by atoms with Crippen LogP contribution in [0.1, 0.15) is 11.3 Å². The number of nitriles is 1. The summed E-state index contributed by atoms with van der Waals surface area (Å²) in [5, 5.41) is 8.23. The van der Waals surface area contributed by atoms with Gasteiger partial charge in [0.2, 0.25) is 0 Å². The third-order valence-corrected chi connectivity index (χ3v) is 2.42. The second-order valence-electron chi connectivity index (χ2n) is 3.33. The summed E-state index contributed by atoms with van der Waals surface area (Å²) >= 11 is 2.95. The van der Waals surface area contributed by atoms with Crippen molar-refractivity contribution < 1.29 is 13.2 Å². The van der Waals surface area contributed by atoms with Crippen LogP contribution in [0, 0.1) is 11.3 Å². The van der Waals surface area contributed by atoms with E-state index in [4.69, 9.17) is 5.26 Å². The van der Waals surface area contributed by atoms with Crippen molar-refractivity contribution in [3.63, 3.8) is 0 Å². The van der Waals surface area contributed by atoms with E-state index >= 15 is 0 Å². The van der Waals surface area contributed by atoms with E-state index in [0.29, 0.717) is 10.2 Å². The molecule has 2 rings (SSSR count). The summed E-state index contributed by atoms with van der Waals surface area (Å²) in [5.41, 5.74) is -0.167. The van der Waals surface area contributed by atoms with Gasteiger partial charge in [0, 0.05) is 10.7 Å². The minimum Gasteiger partial charge on any atom is -0.246 e. The quantitative estimate of drug-likeness (QED) is 0.717. The highest BCUT2D eigenvalue weighted by molar-refractivity contribution is 9.10. The number of hydrogen-bond acceptors (Lipinski definition) is 2. The van der Waals surface area contributed by atoms with Crippen LogP contribution in [0.5, 0.6) is 0 Å². The number of alkyl halides is 3. The number of aromatic nitrogens is 1. The van der Waals surface area contributed by atoms with E-state index in [1.54, 1.807) is 30.5 Å². The number of pyridine rings is 1. The van der Waals surface area contributed by atoms with Crippen LogP contribution in [-0.4, -0.2) is 4.98 Å². The first-order valence-corrected chi connectivity index (χ1v) is 5.86. The molecule has 0 fully saturated rings. The maximum atomic E-state index is 11.9. The van der Waals surface area contributed by atoms with Crippen molar-refractivity contribution in [2.75, 3.05) is 0 Å². The van der Waals surface area contributed by atoms with Gasteiger partial charge in [-0.25, -0.2) is 4.98 Å². The first kappa shape index (κ1) is 15.2. The van der Waals surface area contributed by atoms with Crippen LogP contribution in [0.15, 0.2) is 53.1 Å². The van der Waals surface area contributed by atoms with Gasteiger partial charge in [-0.3, -0.25) is 0 Å². The molecule has 0 aliphatic rings. The fraction of sp³-hybridized carbons (Fsp3) is 0.0769. The molecule has 0 bridgehead atoms. The molecule has 0 N–H and O–H groups in total. The molecule has 0 aliphatic heterocycles. The Morgan fingerprint density at radius 3 is 2.21 bits per heavy atom. The fourth-order valence-electron chi connectivity index (χ4n) is 1.09. The molecule has 0 unspecified atom stereocenters. The summed E-state index contributed by atoms with van der Waals surface area (Å²) in [6, 6.07) is 12.1. The van der Waals surface area contributed by atoms with Crippen LogP contribution in [-0.2, 0) is 6.18 Å². The molecule has 19 heavy (non-hydrogen) atoms. The molecule has 0 aliphatic carbocycles. The van der Waals surface area contributed by atoms with E-state index in [1.807, 2.05) is 6.07 Å². The molecule has 0 amide bonds. The second-order valence-corrected chi connectivity index (χ2v) is 4.25. The van der Waals surface area contributed by atoms with E-state index in [9.17, 15) is 13.2 Å². The van der Waals surface area contributed by atoms with Gasteiger partial charge >= 0.3 is 6.18 Å². The number of halogens is 4. The van der Waals surface area contributed by atoms with Crippen molar-refractivity contribution in [2.45, 2.75) is 6.18 Å². The van der Waals surface area contributed by atoms with Crippen molar-refractivity contribution in [3.8, 4) is 6.07 Å². The smallest absolute Gasteiger partial charge is 0.246 e. The minimum atomic E-state index is -4.25. The van der Waals surface area contributed by atoms with Gasteiger partial charge in [0.1, 0.15) is 11.8 Å². The third kappa shape index (κ3) is 5.53. The normalized spacial score (nSPS) is 10.1. The average molecular weight is 329 g/mol. The summed E-state index contributed by atoms with van der Waals surface area (Å²) in [6.45, 7) is 0. The van der Waals surface area contributed by atoms with Crippen LogP contribution in [0.2, 0.25) is 0 Å². The Morgan fingerprint density at radius 2 is 1.84 bits per heavy atom. The number of nitrogens with zero attached hydrogens (tertiary/aromatic N) is 2. The molecule has 0 radical (unpaired) electrons. The molecule has 0 spiro atoms. The maximum Gasteiger partial charge on any atom is 0.416 e. The first-order chi connectivity index (χ1) is 8.93. The van der Waals surface area contributed by atoms with Crippen molar-refractivity contribution in [1.82, 2.24) is 4.98 Å². The molecule has 1 aromatic heterocycles. The lowest BCUT2D eigenvalue weighted by atomic mass is 10.2. The van der Waals surface area contributed by atoms with Gasteiger partial charge in [0.15, 0.2) is 0 Å². The minimum absolute atomic E-state index is 0.437. The zero-order valence-corrected chi connectivity index (χ0v) is 11.1. The number of benzene rings is 1. The van der Waals surface area contributed by atoms with Gasteiger partial charge in [-0.05, 0) is 30.3 Å². The predicted molar refractivity (Wildman–Crippen MR) is 68.1 cm³/mol. The third-order valence-electron chi connectivity index (χ3n) is 1.93. The Kier molecular flexibility index (Phi) is 5.52. The zero-order valence-electron chi connectivity index (χ0n) is 9.53. The topological polar surface area (TPSA) is 36.7 Å². The lowest BCUT2D eigenvalue weighted by molar-refractivity contribution is -0.137. The van der Waals surface area contributed by atoms with E-state index in [2.05, 4.69) is 20.9 Å². The molecule has 2 aromatic rings. The maximum absolute atomic E-state index is 11.9. The lowest BCUT2D eigenvalue weighted by Crippen LogP contribution is -2.03. The van der Waals surface area contributed by atoms with Crippen molar-refractivity contribution >= 4 is 15.9 Å². The first-order valence-electron chi connectivity index (χ1n) is 5.07. The van der Waals surface area contributed by atoms with Crippen LogP contribution < -0.4 is 0 Å². The molecule has 1 heterocycles. The molecular weight excluding hydrogens is 321 g/mol. The van der Waals surface area contributed by atoms with Crippen LogP contribution in [0.4, 0.5) is 13.2 Å². The Balaban J connectivity index is 0.000000200. The molecular formula is C13H8BrF3N2. The molecule has 0 saturated carbocycles. The van der Waals surface area contributed by atoms with Crippen LogP contribution in [0.3, 0.4) is 0 Å². The van der Waals surface area contributed by atoms with Gasteiger partial charge in [-0.15, -0.1) is 0 Å². The SMILES string of the molecule is FC(F)(F)c1cccc(Br)c1.N#Cc1ccccn1. The molecule has 2 nitrogen and oxygen atoms in total.